The maximum atomic E-state index is 13.4. The molecule has 3 rings (SSSR count). The van der Waals surface area contributed by atoms with Crippen molar-refractivity contribution in [3.63, 3.8) is 0 Å². The lowest BCUT2D eigenvalue weighted by atomic mass is 9.96. The third-order valence-corrected chi connectivity index (χ3v) is 5.22. The highest BCUT2D eigenvalue weighted by molar-refractivity contribution is 6.00. The van der Waals surface area contributed by atoms with E-state index in [4.69, 9.17) is 4.74 Å². The largest absolute Gasteiger partial charge is 0.467 e. The van der Waals surface area contributed by atoms with Crippen molar-refractivity contribution >= 4 is 28.6 Å². The zero-order valence-corrected chi connectivity index (χ0v) is 18.5. The zero-order chi connectivity index (χ0) is 23.1. The van der Waals surface area contributed by atoms with Gasteiger partial charge in [0.15, 0.2) is 0 Å². The van der Waals surface area contributed by atoms with E-state index in [2.05, 4.69) is 10.6 Å². The molecule has 0 radical (unpaired) electrons. The fourth-order valence-electron chi connectivity index (χ4n) is 3.67. The van der Waals surface area contributed by atoms with Crippen LogP contribution in [-0.2, 0) is 14.3 Å². The van der Waals surface area contributed by atoms with Crippen LogP contribution in [0.5, 0.6) is 0 Å². The minimum Gasteiger partial charge on any atom is -0.467 e. The van der Waals surface area contributed by atoms with Crippen molar-refractivity contribution in [2.45, 2.75) is 32.4 Å². The summed E-state index contributed by atoms with van der Waals surface area (Å²) >= 11 is 0. The Hall–Kier alpha value is -3.67. The van der Waals surface area contributed by atoms with E-state index in [1.54, 1.807) is 24.3 Å². The minimum absolute atomic E-state index is 0.161. The molecule has 32 heavy (non-hydrogen) atoms. The van der Waals surface area contributed by atoms with Gasteiger partial charge < -0.3 is 15.4 Å². The van der Waals surface area contributed by atoms with Gasteiger partial charge in [-0.25, -0.2) is 4.79 Å². The molecule has 6 heteroatoms. The predicted octanol–water partition coefficient (Wildman–Crippen LogP) is 4.01. The molecule has 0 saturated carbocycles. The molecule has 0 saturated heterocycles. The van der Waals surface area contributed by atoms with E-state index in [1.165, 1.54) is 7.11 Å². The first kappa shape index (κ1) is 23.0. The molecule has 0 heterocycles. The molecule has 0 aromatic heterocycles. The van der Waals surface area contributed by atoms with Gasteiger partial charge in [-0.1, -0.05) is 74.5 Å². The Morgan fingerprint density at radius 2 is 1.50 bits per heavy atom. The number of amides is 2. The standard InChI is InChI=1S/C26H28N2O4/c1-17(2)16-22(26(31)32-3)27-25(30)23(28-24(29)19-11-5-4-6-12-19)21-15-9-13-18-10-7-8-14-20(18)21/h4-15,17,22-23H,16H2,1-3H3,(H,27,30)(H,28,29)/t22-,23?/m0/s1. The van der Waals surface area contributed by atoms with Crippen LogP contribution >= 0.6 is 0 Å². The molecule has 6 nitrogen and oxygen atoms in total. The second-order valence-electron chi connectivity index (χ2n) is 8.05. The van der Waals surface area contributed by atoms with Crippen molar-refractivity contribution in [2.75, 3.05) is 7.11 Å². The average molecular weight is 433 g/mol. The Balaban J connectivity index is 1.98. The molecule has 1 unspecified atom stereocenters. The van der Waals surface area contributed by atoms with Crippen LogP contribution in [0.2, 0.25) is 0 Å². The van der Waals surface area contributed by atoms with E-state index in [-0.39, 0.29) is 11.8 Å². The van der Waals surface area contributed by atoms with Gasteiger partial charge in [-0.2, -0.15) is 0 Å². The smallest absolute Gasteiger partial charge is 0.328 e. The molecule has 3 aromatic rings. The van der Waals surface area contributed by atoms with Crippen LogP contribution in [0, 0.1) is 5.92 Å². The summed E-state index contributed by atoms with van der Waals surface area (Å²) in [5.41, 5.74) is 1.09. The first-order valence-corrected chi connectivity index (χ1v) is 10.6. The lowest BCUT2D eigenvalue weighted by Crippen LogP contribution is -2.48. The highest BCUT2D eigenvalue weighted by atomic mass is 16.5. The first-order chi connectivity index (χ1) is 15.4. The number of hydrogen-bond donors (Lipinski definition) is 2. The van der Waals surface area contributed by atoms with Crippen molar-refractivity contribution < 1.29 is 19.1 Å². The third kappa shape index (κ3) is 5.52. The normalized spacial score (nSPS) is 12.8. The van der Waals surface area contributed by atoms with Gasteiger partial charge in [0.2, 0.25) is 5.91 Å². The average Bonchev–Trinajstić information content (AvgIpc) is 2.81. The van der Waals surface area contributed by atoms with Crippen LogP contribution in [0.4, 0.5) is 0 Å². The summed E-state index contributed by atoms with van der Waals surface area (Å²) in [6.07, 6.45) is 0.424. The maximum absolute atomic E-state index is 13.4. The molecule has 0 bridgehead atoms. The zero-order valence-electron chi connectivity index (χ0n) is 18.5. The number of rotatable bonds is 8. The van der Waals surface area contributed by atoms with Crippen molar-refractivity contribution in [1.29, 1.82) is 0 Å². The van der Waals surface area contributed by atoms with Gasteiger partial charge >= 0.3 is 5.97 Å². The summed E-state index contributed by atoms with van der Waals surface area (Å²) < 4.78 is 4.88. The Morgan fingerprint density at radius 3 is 2.19 bits per heavy atom. The fourth-order valence-corrected chi connectivity index (χ4v) is 3.67. The highest BCUT2D eigenvalue weighted by Gasteiger charge is 2.30. The first-order valence-electron chi connectivity index (χ1n) is 10.6. The van der Waals surface area contributed by atoms with Gasteiger partial charge in [0.1, 0.15) is 12.1 Å². The van der Waals surface area contributed by atoms with Crippen molar-refractivity contribution in [3.05, 3.63) is 83.9 Å². The monoisotopic (exact) mass is 432 g/mol. The summed E-state index contributed by atoms with van der Waals surface area (Å²) in [5, 5.41) is 7.44. The van der Waals surface area contributed by atoms with Crippen LogP contribution in [0.3, 0.4) is 0 Å². The van der Waals surface area contributed by atoms with Crippen molar-refractivity contribution in [1.82, 2.24) is 10.6 Å². The molecule has 2 N–H and O–H groups in total. The topological polar surface area (TPSA) is 84.5 Å². The van der Waals surface area contributed by atoms with E-state index >= 15 is 0 Å². The number of esters is 1. The molecular weight excluding hydrogens is 404 g/mol. The Kier molecular flexibility index (Phi) is 7.60. The van der Waals surface area contributed by atoms with Crippen LogP contribution in [0.15, 0.2) is 72.8 Å². The summed E-state index contributed by atoms with van der Waals surface area (Å²) in [6, 6.07) is 20.2. The number of ether oxygens (including phenoxy) is 1. The number of hydrogen-bond acceptors (Lipinski definition) is 4. The van der Waals surface area contributed by atoms with Gasteiger partial charge in [-0.3, -0.25) is 9.59 Å². The van der Waals surface area contributed by atoms with E-state index in [0.717, 1.165) is 10.8 Å². The molecule has 3 aromatic carbocycles. The number of benzene rings is 3. The number of carbonyl (C=O) groups is 3. The van der Waals surface area contributed by atoms with Gasteiger partial charge in [-0.05, 0) is 40.8 Å². The Morgan fingerprint density at radius 1 is 0.844 bits per heavy atom. The van der Waals surface area contributed by atoms with E-state index < -0.39 is 24.0 Å². The van der Waals surface area contributed by atoms with E-state index in [0.29, 0.717) is 17.5 Å². The molecule has 2 atom stereocenters. The second-order valence-corrected chi connectivity index (χ2v) is 8.05. The third-order valence-electron chi connectivity index (χ3n) is 5.22. The van der Waals surface area contributed by atoms with Gasteiger partial charge in [-0.15, -0.1) is 0 Å². The lowest BCUT2D eigenvalue weighted by Gasteiger charge is -2.24. The Bertz CT molecular complexity index is 1090. The molecule has 0 aliphatic rings. The number of methoxy groups -OCH3 is 1. The maximum Gasteiger partial charge on any atom is 0.328 e. The molecule has 0 aliphatic carbocycles. The fraction of sp³-hybridized carbons (Fsp3) is 0.269. The molecular formula is C26H28N2O4. The summed E-state index contributed by atoms with van der Waals surface area (Å²) in [7, 11) is 1.29. The Labute approximate surface area is 188 Å². The highest BCUT2D eigenvalue weighted by Crippen LogP contribution is 2.25. The quantitative estimate of drug-likeness (QED) is 0.527. The van der Waals surface area contributed by atoms with Crippen molar-refractivity contribution in [2.24, 2.45) is 5.92 Å². The predicted molar refractivity (Wildman–Crippen MR) is 124 cm³/mol. The van der Waals surface area contributed by atoms with Gasteiger partial charge in [0.25, 0.3) is 5.91 Å². The summed E-state index contributed by atoms with van der Waals surface area (Å²) in [6.45, 7) is 3.92. The van der Waals surface area contributed by atoms with Crippen LogP contribution < -0.4 is 10.6 Å². The number of carbonyl (C=O) groups excluding carboxylic acids is 3. The molecule has 2 amide bonds. The second kappa shape index (κ2) is 10.6. The van der Waals surface area contributed by atoms with Gasteiger partial charge in [0, 0.05) is 5.56 Å². The molecule has 166 valence electrons. The number of fused-ring (bicyclic) bond motifs is 1. The van der Waals surface area contributed by atoms with Crippen molar-refractivity contribution in [3.8, 4) is 0 Å². The summed E-state index contributed by atoms with van der Waals surface area (Å²) in [5.74, 6) is -1.20. The van der Waals surface area contributed by atoms with Crippen LogP contribution in [0.25, 0.3) is 10.8 Å². The molecule has 0 fully saturated rings. The number of nitrogens with one attached hydrogen (secondary N) is 2. The minimum atomic E-state index is -0.992. The van der Waals surface area contributed by atoms with Crippen LogP contribution in [0.1, 0.15) is 42.2 Å². The van der Waals surface area contributed by atoms with Crippen LogP contribution in [-0.4, -0.2) is 30.9 Å². The molecule has 0 spiro atoms. The van der Waals surface area contributed by atoms with E-state index in [1.807, 2.05) is 62.4 Å². The molecule has 0 aliphatic heterocycles. The SMILES string of the molecule is COC(=O)[C@H](CC(C)C)NC(=O)C(NC(=O)c1ccccc1)c1cccc2ccccc12. The van der Waals surface area contributed by atoms with Gasteiger partial charge in [0.05, 0.1) is 7.11 Å². The summed E-state index contributed by atoms with van der Waals surface area (Å²) in [4.78, 5) is 38.6. The lowest BCUT2D eigenvalue weighted by molar-refractivity contribution is -0.145. The van der Waals surface area contributed by atoms with E-state index in [9.17, 15) is 14.4 Å².